The van der Waals surface area contributed by atoms with Crippen LogP contribution in [0.5, 0.6) is 0 Å². The molecule has 0 saturated carbocycles. The van der Waals surface area contributed by atoms with Gasteiger partial charge < -0.3 is 5.32 Å². The summed E-state index contributed by atoms with van der Waals surface area (Å²) in [5, 5.41) is 4.63. The van der Waals surface area contributed by atoms with Crippen molar-refractivity contribution >= 4 is 11.6 Å². The zero-order valence-corrected chi connectivity index (χ0v) is 14.4. The van der Waals surface area contributed by atoms with Crippen LogP contribution in [0.1, 0.15) is 50.7 Å². The summed E-state index contributed by atoms with van der Waals surface area (Å²) in [7, 11) is 0. The molecule has 118 valence electrons. The lowest BCUT2D eigenvalue weighted by molar-refractivity contribution is 0.112. The Kier molecular flexibility index (Phi) is 6.53. The molecule has 1 N–H and O–H groups in total. The van der Waals surface area contributed by atoms with Gasteiger partial charge in [0.1, 0.15) is 0 Å². The van der Waals surface area contributed by atoms with E-state index in [1.54, 1.807) is 0 Å². The smallest absolute Gasteiger partial charge is 0.0453 e. The molecule has 2 rings (SSSR count). The van der Waals surface area contributed by atoms with Gasteiger partial charge in [0.25, 0.3) is 0 Å². The molecular weight excluding hydrogens is 280 g/mol. The Balaban J connectivity index is 2.07. The molecule has 1 aliphatic heterocycles. The van der Waals surface area contributed by atoms with Crippen molar-refractivity contribution in [3.63, 3.8) is 0 Å². The van der Waals surface area contributed by atoms with E-state index < -0.39 is 0 Å². The van der Waals surface area contributed by atoms with Crippen LogP contribution < -0.4 is 5.32 Å². The molecule has 1 aromatic carbocycles. The largest absolute Gasteiger partial charge is 0.311 e. The van der Waals surface area contributed by atoms with Gasteiger partial charge in [-0.25, -0.2) is 0 Å². The number of nitrogens with zero attached hydrogens (tertiary/aromatic N) is 1. The summed E-state index contributed by atoms with van der Waals surface area (Å²) in [6.07, 6.45) is 5.00. The monoisotopic (exact) mass is 308 g/mol. The maximum Gasteiger partial charge on any atom is 0.0453 e. The summed E-state index contributed by atoms with van der Waals surface area (Å²) in [6.45, 7) is 9.87. The molecule has 1 heterocycles. The van der Waals surface area contributed by atoms with Crippen LogP contribution in [0, 0.1) is 6.92 Å². The number of benzene rings is 1. The van der Waals surface area contributed by atoms with E-state index in [2.05, 4.69) is 49.2 Å². The summed E-state index contributed by atoms with van der Waals surface area (Å²) in [5.74, 6) is 0. The fraction of sp³-hybridized carbons (Fsp3) is 0.667. The Labute approximate surface area is 134 Å². The van der Waals surface area contributed by atoms with Crippen LogP contribution in [-0.4, -0.2) is 30.1 Å². The third kappa shape index (κ3) is 4.70. The molecule has 0 bridgehead atoms. The summed E-state index contributed by atoms with van der Waals surface area (Å²) >= 11 is 6.43. The standard InChI is InChI=1S/C18H29ClN2/c1-4-6-16-13-21(17(7-5-2)11-20-16)12-15-9-8-14(3)10-18(15)19/h8-10,16-17,20H,4-7,11-13H2,1-3H3. The van der Waals surface area contributed by atoms with Gasteiger partial charge in [0.15, 0.2) is 0 Å². The van der Waals surface area contributed by atoms with Crippen molar-refractivity contribution in [3.8, 4) is 0 Å². The third-order valence-corrected chi connectivity index (χ3v) is 4.81. The lowest BCUT2D eigenvalue weighted by atomic mass is 10.0. The van der Waals surface area contributed by atoms with Crippen LogP contribution in [0.4, 0.5) is 0 Å². The minimum atomic E-state index is 0.632. The molecule has 1 aromatic rings. The molecule has 1 fully saturated rings. The topological polar surface area (TPSA) is 15.3 Å². The molecular formula is C18H29ClN2. The predicted octanol–water partition coefficient (Wildman–Crippen LogP) is 4.39. The van der Waals surface area contributed by atoms with Crippen LogP contribution in [0.15, 0.2) is 18.2 Å². The van der Waals surface area contributed by atoms with Gasteiger partial charge in [-0.2, -0.15) is 0 Å². The molecule has 2 unspecified atom stereocenters. The normalized spacial score (nSPS) is 23.4. The van der Waals surface area contributed by atoms with E-state index in [9.17, 15) is 0 Å². The van der Waals surface area contributed by atoms with E-state index in [1.165, 1.54) is 36.8 Å². The first-order chi connectivity index (χ1) is 10.1. The quantitative estimate of drug-likeness (QED) is 0.838. The summed E-state index contributed by atoms with van der Waals surface area (Å²) in [5.41, 5.74) is 2.50. The second-order valence-corrected chi connectivity index (χ2v) is 6.77. The number of hydrogen-bond acceptors (Lipinski definition) is 2. The highest BCUT2D eigenvalue weighted by Gasteiger charge is 2.27. The van der Waals surface area contributed by atoms with Gasteiger partial charge in [-0.1, -0.05) is 50.4 Å². The van der Waals surface area contributed by atoms with Crippen LogP contribution >= 0.6 is 11.6 Å². The SMILES string of the molecule is CCCC1CN(Cc2ccc(C)cc2Cl)C(CCC)CN1. The first-order valence-corrected chi connectivity index (χ1v) is 8.74. The highest BCUT2D eigenvalue weighted by atomic mass is 35.5. The van der Waals surface area contributed by atoms with Crippen molar-refractivity contribution in [3.05, 3.63) is 34.3 Å². The molecule has 0 aromatic heterocycles. The van der Waals surface area contributed by atoms with Crippen LogP contribution in [0.25, 0.3) is 0 Å². The second-order valence-electron chi connectivity index (χ2n) is 6.36. The molecule has 2 nitrogen and oxygen atoms in total. The highest BCUT2D eigenvalue weighted by Crippen LogP contribution is 2.23. The van der Waals surface area contributed by atoms with E-state index >= 15 is 0 Å². The molecule has 0 aliphatic carbocycles. The number of piperazine rings is 1. The molecule has 0 radical (unpaired) electrons. The Morgan fingerprint density at radius 3 is 2.67 bits per heavy atom. The Morgan fingerprint density at radius 1 is 1.24 bits per heavy atom. The molecule has 1 aliphatic rings. The summed E-state index contributed by atoms with van der Waals surface area (Å²) in [6, 6.07) is 7.71. The number of rotatable bonds is 6. The molecule has 0 spiro atoms. The van der Waals surface area contributed by atoms with Crippen molar-refractivity contribution < 1.29 is 0 Å². The lowest BCUT2D eigenvalue weighted by Gasteiger charge is -2.40. The second kappa shape index (κ2) is 8.17. The van der Waals surface area contributed by atoms with E-state index in [4.69, 9.17) is 11.6 Å². The van der Waals surface area contributed by atoms with Gasteiger partial charge >= 0.3 is 0 Å². The van der Waals surface area contributed by atoms with E-state index in [0.717, 1.165) is 24.7 Å². The molecule has 21 heavy (non-hydrogen) atoms. The minimum absolute atomic E-state index is 0.632. The fourth-order valence-corrected chi connectivity index (χ4v) is 3.58. The van der Waals surface area contributed by atoms with Gasteiger partial charge in [-0.3, -0.25) is 4.90 Å². The third-order valence-electron chi connectivity index (χ3n) is 4.45. The maximum atomic E-state index is 6.43. The number of halogens is 1. The average Bonchev–Trinajstić information content (AvgIpc) is 2.45. The van der Waals surface area contributed by atoms with Gasteiger partial charge in [0, 0.05) is 36.7 Å². The van der Waals surface area contributed by atoms with E-state index in [1.807, 2.05) is 0 Å². The van der Waals surface area contributed by atoms with Gasteiger partial charge in [-0.05, 0) is 37.0 Å². The number of hydrogen-bond donors (Lipinski definition) is 1. The summed E-state index contributed by atoms with van der Waals surface area (Å²) in [4.78, 5) is 2.64. The number of nitrogens with one attached hydrogen (secondary N) is 1. The van der Waals surface area contributed by atoms with Crippen molar-refractivity contribution in [2.24, 2.45) is 0 Å². The predicted molar refractivity (Wildman–Crippen MR) is 92.0 cm³/mol. The molecule has 2 atom stereocenters. The van der Waals surface area contributed by atoms with Crippen LogP contribution in [0.3, 0.4) is 0 Å². The van der Waals surface area contributed by atoms with E-state index in [0.29, 0.717) is 12.1 Å². The highest BCUT2D eigenvalue weighted by molar-refractivity contribution is 6.31. The summed E-state index contributed by atoms with van der Waals surface area (Å²) < 4.78 is 0. The Morgan fingerprint density at radius 2 is 2.00 bits per heavy atom. The molecule has 0 amide bonds. The maximum absolute atomic E-state index is 6.43. The molecule has 1 saturated heterocycles. The van der Waals surface area contributed by atoms with Crippen molar-refractivity contribution in [2.45, 2.75) is 65.1 Å². The van der Waals surface area contributed by atoms with Crippen molar-refractivity contribution in [1.29, 1.82) is 0 Å². The zero-order chi connectivity index (χ0) is 15.2. The minimum Gasteiger partial charge on any atom is -0.311 e. The van der Waals surface area contributed by atoms with Gasteiger partial charge in [-0.15, -0.1) is 0 Å². The first-order valence-electron chi connectivity index (χ1n) is 8.36. The van der Waals surface area contributed by atoms with Crippen molar-refractivity contribution in [1.82, 2.24) is 10.2 Å². The average molecular weight is 309 g/mol. The Hall–Kier alpha value is -0.570. The van der Waals surface area contributed by atoms with Gasteiger partial charge in [0.2, 0.25) is 0 Å². The van der Waals surface area contributed by atoms with Crippen LogP contribution in [0.2, 0.25) is 5.02 Å². The van der Waals surface area contributed by atoms with Crippen molar-refractivity contribution in [2.75, 3.05) is 13.1 Å². The molecule has 3 heteroatoms. The Bertz CT molecular complexity index is 447. The van der Waals surface area contributed by atoms with Crippen LogP contribution in [-0.2, 0) is 6.54 Å². The number of aryl methyl sites for hydroxylation is 1. The fourth-order valence-electron chi connectivity index (χ4n) is 3.28. The zero-order valence-electron chi connectivity index (χ0n) is 13.7. The first kappa shape index (κ1) is 16.8. The lowest BCUT2D eigenvalue weighted by Crippen LogP contribution is -2.55. The van der Waals surface area contributed by atoms with Gasteiger partial charge in [0.05, 0.1) is 0 Å². The van der Waals surface area contributed by atoms with E-state index in [-0.39, 0.29) is 0 Å².